The van der Waals surface area contributed by atoms with Crippen molar-refractivity contribution in [3.05, 3.63) is 11.1 Å². The lowest BCUT2D eigenvalue weighted by Gasteiger charge is -2.42. The summed E-state index contributed by atoms with van der Waals surface area (Å²) in [5, 5.41) is 3.78. The van der Waals surface area contributed by atoms with E-state index in [-0.39, 0.29) is 18.4 Å². The van der Waals surface area contributed by atoms with Crippen LogP contribution >= 0.6 is 11.3 Å². The fraction of sp³-hybridized carbons (Fsp3) is 0.765. The van der Waals surface area contributed by atoms with Crippen molar-refractivity contribution in [3.63, 3.8) is 0 Å². The van der Waals surface area contributed by atoms with Crippen LogP contribution in [0.1, 0.15) is 36.5 Å². The van der Waals surface area contributed by atoms with Crippen LogP contribution < -0.4 is 10.2 Å². The number of aromatic nitrogens is 1. The van der Waals surface area contributed by atoms with Gasteiger partial charge in [0.25, 0.3) is 0 Å². The van der Waals surface area contributed by atoms with Crippen LogP contribution in [0.15, 0.2) is 6.20 Å². The molecule has 1 N–H and O–H groups in total. The van der Waals surface area contributed by atoms with Gasteiger partial charge in [0.05, 0.1) is 5.92 Å². The van der Waals surface area contributed by atoms with E-state index in [0.717, 1.165) is 26.1 Å². The molecule has 0 radical (unpaired) electrons. The van der Waals surface area contributed by atoms with Crippen molar-refractivity contribution in [2.45, 2.75) is 43.8 Å². The first-order valence-electron chi connectivity index (χ1n) is 9.24. The largest absolute Gasteiger partial charge is 0.392 e. The van der Waals surface area contributed by atoms with Crippen LogP contribution in [0.4, 0.5) is 18.3 Å². The molecule has 0 bridgehead atoms. The number of thiazole rings is 1. The second kappa shape index (κ2) is 7.09. The number of piperazine rings is 2. The van der Waals surface area contributed by atoms with E-state index in [4.69, 9.17) is 0 Å². The Morgan fingerprint density at radius 3 is 2.81 bits per heavy atom. The van der Waals surface area contributed by atoms with E-state index < -0.39 is 18.0 Å². The molecule has 3 fully saturated rings. The highest BCUT2D eigenvalue weighted by molar-refractivity contribution is 7.15. The van der Waals surface area contributed by atoms with Crippen LogP contribution in [-0.4, -0.2) is 60.7 Å². The number of nitrogens with one attached hydrogen (secondary N) is 1. The summed E-state index contributed by atoms with van der Waals surface area (Å²) in [6, 6.07) is -0.192. The normalized spacial score (nSPS) is 31.1. The Morgan fingerprint density at radius 1 is 1.19 bits per heavy atom. The molecule has 1 aliphatic carbocycles. The number of anilines is 1. The maximum Gasteiger partial charge on any atom is 0.392 e. The fourth-order valence-corrected chi connectivity index (χ4v) is 5.55. The smallest absolute Gasteiger partial charge is 0.313 e. The molecule has 1 aromatic rings. The van der Waals surface area contributed by atoms with Gasteiger partial charge < -0.3 is 5.32 Å². The first-order chi connectivity index (χ1) is 12.4. The number of carbonyl (C=O) groups excluding carboxylic acids is 1. The van der Waals surface area contributed by atoms with Gasteiger partial charge in [-0.2, -0.15) is 13.2 Å². The predicted molar refractivity (Wildman–Crippen MR) is 93.5 cm³/mol. The summed E-state index contributed by atoms with van der Waals surface area (Å²) >= 11 is 1.26. The summed E-state index contributed by atoms with van der Waals surface area (Å²) in [5.41, 5.74) is 0. The summed E-state index contributed by atoms with van der Waals surface area (Å²) in [7, 11) is 0. The lowest BCUT2D eigenvalue weighted by atomic mass is 9.78. The van der Waals surface area contributed by atoms with Crippen LogP contribution in [0.3, 0.4) is 0 Å². The Balaban J connectivity index is 1.53. The van der Waals surface area contributed by atoms with Gasteiger partial charge in [-0.1, -0.05) is 12.8 Å². The maximum atomic E-state index is 13.4. The molecule has 3 aliphatic rings. The maximum absolute atomic E-state index is 13.4. The first-order valence-corrected chi connectivity index (χ1v) is 10.1. The number of carbonyl (C=O) groups is 1. The monoisotopic (exact) mass is 388 g/mol. The van der Waals surface area contributed by atoms with Crippen LogP contribution in [-0.2, 0) is 4.79 Å². The summed E-state index contributed by atoms with van der Waals surface area (Å²) in [5.74, 6) is -1.82. The molecule has 5 nitrogen and oxygen atoms in total. The Bertz CT molecular complexity index is 665. The molecule has 1 saturated carbocycles. The van der Waals surface area contributed by atoms with E-state index in [9.17, 15) is 18.0 Å². The molecule has 2 saturated heterocycles. The minimum Gasteiger partial charge on any atom is -0.313 e. The summed E-state index contributed by atoms with van der Waals surface area (Å²) in [4.78, 5) is 21.6. The topological polar surface area (TPSA) is 48.5 Å². The molecular weight excluding hydrogens is 365 g/mol. The number of fused-ring (bicyclic) bond motifs is 1. The average Bonchev–Trinajstić information content (AvgIpc) is 3.11. The zero-order valence-corrected chi connectivity index (χ0v) is 15.3. The van der Waals surface area contributed by atoms with E-state index in [2.05, 4.69) is 15.2 Å². The standard InChI is InChI=1S/C17H23F3N4OS/c18-17(19,20)12-4-2-1-3-11(12)14-10-22-16(26-14)24-8-7-23-6-5-21-9-13(23)15(24)25/h10-13,21H,1-9H2/t11-,12+,13+/m0/s1. The lowest BCUT2D eigenvalue weighted by Crippen LogP contribution is -2.64. The third-order valence-corrected chi connectivity index (χ3v) is 6.96. The molecule has 1 aromatic heterocycles. The number of alkyl halides is 3. The SMILES string of the molecule is O=C1[C@H]2CNCCN2CCN1c1ncc([C@H]2CCCC[C@H]2C(F)(F)F)s1. The van der Waals surface area contributed by atoms with E-state index in [0.29, 0.717) is 35.9 Å². The van der Waals surface area contributed by atoms with Crippen molar-refractivity contribution in [1.29, 1.82) is 0 Å². The molecule has 3 atom stereocenters. The second-order valence-corrected chi connectivity index (χ2v) is 8.37. The van der Waals surface area contributed by atoms with Gasteiger partial charge in [0.1, 0.15) is 6.04 Å². The molecule has 26 heavy (non-hydrogen) atoms. The predicted octanol–water partition coefficient (Wildman–Crippen LogP) is 2.60. The zero-order valence-electron chi connectivity index (χ0n) is 14.5. The van der Waals surface area contributed by atoms with E-state index in [1.807, 2.05) is 0 Å². The highest BCUT2D eigenvalue weighted by Gasteiger charge is 2.47. The molecule has 0 spiro atoms. The Labute approximate surface area is 154 Å². The summed E-state index contributed by atoms with van der Waals surface area (Å²) < 4.78 is 40.2. The Morgan fingerprint density at radius 2 is 2.00 bits per heavy atom. The third kappa shape index (κ3) is 3.36. The minimum absolute atomic E-state index is 0.000338. The number of hydrogen-bond donors (Lipinski definition) is 1. The van der Waals surface area contributed by atoms with Crippen LogP contribution in [0.5, 0.6) is 0 Å². The van der Waals surface area contributed by atoms with Gasteiger partial charge in [-0.05, 0) is 12.8 Å². The van der Waals surface area contributed by atoms with Gasteiger partial charge in [-0.15, -0.1) is 11.3 Å². The highest BCUT2D eigenvalue weighted by atomic mass is 32.1. The Hall–Kier alpha value is -1.19. The lowest BCUT2D eigenvalue weighted by molar-refractivity contribution is -0.187. The molecule has 9 heteroatoms. The number of hydrogen-bond acceptors (Lipinski definition) is 5. The Kier molecular flexibility index (Phi) is 4.96. The van der Waals surface area contributed by atoms with Gasteiger partial charge in [-0.25, -0.2) is 4.98 Å². The first kappa shape index (κ1) is 18.2. The van der Waals surface area contributed by atoms with Gasteiger partial charge in [0.15, 0.2) is 5.13 Å². The van der Waals surface area contributed by atoms with Crippen LogP contribution in [0, 0.1) is 5.92 Å². The molecule has 3 heterocycles. The third-order valence-electron chi connectivity index (χ3n) is 5.81. The van der Waals surface area contributed by atoms with Crippen molar-refractivity contribution in [2.75, 3.05) is 37.6 Å². The van der Waals surface area contributed by atoms with Gasteiger partial charge in [0.2, 0.25) is 5.91 Å². The minimum atomic E-state index is -4.18. The molecule has 0 unspecified atom stereocenters. The van der Waals surface area contributed by atoms with Crippen molar-refractivity contribution < 1.29 is 18.0 Å². The quantitative estimate of drug-likeness (QED) is 0.846. The number of halogens is 3. The molecule has 4 rings (SSSR count). The van der Waals surface area contributed by atoms with Crippen molar-refractivity contribution in [2.24, 2.45) is 5.92 Å². The van der Waals surface area contributed by atoms with Gasteiger partial charge in [0, 0.05) is 49.7 Å². The van der Waals surface area contributed by atoms with Crippen LogP contribution in [0.2, 0.25) is 0 Å². The van der Waals surface area contributed by atoms with E-state index in [1.54, 1.807) is 11.1 Å². The molecule has 2 aliphatic heterocycles. The molecule has 0 aromatic carbocycles. The number of rotatable bonds is 2. The number of nitrogens with zero attached hydrogens (tertiary/aromatic N) is 3. The van der Waals surface area contributed by atoms with Gasteiger partial charge in [-0.3, -0.25) is 14.6 Å². The van der Waals surface area contributed by atoms with Gasteiger partial charge >= 0.3 is 6.18 Å². The summed E-state index contributed by atoms with van der Waals surface area (Å²) in [6.45, 7) is 3.68. The zero-order chi connectivity index (χ0) is 18.3. The molecular formula is C17H23F3N4OS. The molecule has 1 amide bonds. The average molecular weight is 388 g/mol. The summed E-state index contributed by atoms with van der Waals surface area (Å²) in [6.07, 6.45) is -0.442. The van der Waals surface area contributed by atoms with Crippen molar-refractivity contribution in [1.82, 2.24) is 15.2 Å². The highest BCUT2D eigenvalue weighted by Crippen LogP contribution is 2.48. The van der Waals surface area contributed by atoms with Crippen LogP contribution in [0.25, 0.3) is 0 Å². The fourth-order valence-electron chi connectivity index (χ4n) is 4.40. The molecule has 144 valence electrons. The van der Waals surface area contributed by atoms with Crippen molar-refractivity contribution >= 4 is 22.4 Å². The van der Waals surface area contributed by atoms with Crippen molar-refractivity contribution in [3.8, 4) is 0 Å². The van der Waals surface area contributed by atoms with E-state index >= 15 is 0 Å². The van der Waals surface area contributed by atoms with E-state index in [1.165, 1.54) is 11.3 Å². The number of amides is 1. The second-order valence-electron chi connectivity index (χ2n) is 7.33.